The van der Waals surface area contributed by atoms with E-state index in [2.05, 4.69) is 10.8 Å². The summed E-state index contributed by atoms with van der Waals surface area (Å²) in [7, 11) is 0. The molecule has 0 unspecified atom stereocenters. The van der Waals surface area contributed by atoms with Crippen LogP contribution in [0.25, 0.3) is 10.9 Å². The van der Waals surface area contributed by atoms with E-state index in [1.54, 1.807) is 12.1 Å². The minimum atomic E-state index is -0.321. The summed E-state index contributed by atoms with van der Waals surface area (Å²) in [6.45, 7) is 1.98. The van der Waals surface area contributed by atoms with Crippen LogP contribution in [0.5, 0.6) is 0 Å². The van der Waals surface area contributed by atoms with Gasteiger partial charge in [-0.3, -0.25) is 10.1 Å². The van der Waals surface area contributed by atoms with E-state index in [1.165, 1.54) is 51.3 Å². The van der Waals surface area contributed by atoms with E-state index in [9.17, 15) is 10.1 Å². The minimum Gasteiger partial charge on any atom is -0.348 e. The van der Waals surface area contributed by atoms with Gasteiger partial charge < -0.3 is 4.57 Å². The standard InChI is InChI=1S/C19H25BN2O2/c23-22(24)18-8-9-19-15(14-18)10-13-21(19)12-3-11-20-16-4-1-5-17(20)7-2-6-16/h8-10,13-14,16-17H,1-7,11-12H2. The topological polar surface area (TPSA) is 48.1 Å². The highest BCUT2D eigenvalue weighted by Gasteiger charge is 2.38. The fourth-order valence-electron chi connectivity index (χ4n) is 5.28. The molecule has 2 aliphatic heterocycles. The molecular formula is C19H25BN2O2. The molecule has 2 aromatic rings. The van der Waals surface area contributed by atoms with E-state index in [0.29, 0.717) is 0 Å². The number of benzene rings is 1. The second-order valence-electron chi connectivity index (χ2n) is 7.70. The molecular weight excluding hydrogens is 299 g/mol. The molecule has 0 aliphatic carbocycles. The third-order valence-corrected chi connectivity index (χ3v) is 6.41. The van der Waals surface area contributed by atoms with Gasteiger partial charge in [0.25, 0.3) is 5.69 Å². The van der Waals surface area contributed by atoms with E-state index in [4.69, 9.17) is 0 Å². The number of hydrogen-bond donors (Lipinski definition) is 0. The van der Waals surface area contributed by atoms with Crippen LogP contribution in [0.3, 0.4) is 0 Å². The summed E-state index contributed by atoms with van der Waals surface area (Å²) in [5.74, 6) is 1.98. The van der Waals surface area contributed by atoms with Crippen molar-refractivity contribution < 1.29 is 4.92 Å². The third kappa shape index (κ3) is 2.96. The summed E-state index contributed by atoms with van der Waals surface area (Å²) in [6.07, 6.45) is 13.4. The fourth-order valence-corrected chi connectivity index (χ4v) is 5.28. The van der Waals surface area contributed by atoms with Crippen LogP contribution in [0.1, 0.15) is 44.9 Å². The molecule has 2 aliphatic rings. The number of nitro groups is 1. The van der Waals surface area contributed by atoms with Crippen molar-refractivity contribution in [3.63, 3.8) is 0 Å². The molecule has 2 saturated heterocycles. The molecule has 4 nitrogen and oxygen atoms in total. The second-order valence-corrected chi connectivity index (χ2v) is 7.70. The monoisotopic (exact) mass is 324 g/mol. The second kappa shape index (κ2) is 6.62. The van der Waals surface area contributed by atoms with Crippen molar-refractivity contribution in [3.05, 3.63) is 40.6 Å². The molecule has 0 atom stereocenters. The molecule has 1 aromatic heterocycles. The fraction of sp³-hybridized carbons (Fsp3) is 0.579. The maximum absolute atomic E-state index is 10.9. The Balaban J connectivity index is 1.41. The van der Waals surface area contributed by atoms with Crippen molar-refractivity contribution in [2.75, 3.05) is 0 Å². The zero-order valence-corrected chi connectivity index (χ0v) is 14.2. The predicted octanol–water partition coefficient (Wildman–Crippen LogP) is 5.54. The van der Waals surface area contributed by atoms with Crippen LogP contribution in [0.4, 0.5) is 5.69 Å². The van der Waals surface area contributed by atoms with Crippen molar-refractivity contribution in [2.45, 2.75) is 69.4 Å². The number of rotatable bonds is 5. The number of nitro benzene ring substituents is 1. The van der Waals surface area contributed by atoms with Crippen LogP contribution in [-0.4, -0.2) is 16.2 Å². The minimum absolute atomic E-state index is 0.176. The molecule has 0 N–H and O–H groups in total. The first kappa shape index (κ1) is 15.7. The lowest BCUT2D eigenvalue weighted by Crippen LogP contribution is -2.34. The number of aryl methyl sites for hydroxylation is 1. The Bertz CT molecular complexity index is 720. The Morgan fingerprint density at radius 1 is 1.12 bits per heavy atom. The predicted molar refractivity (Wildman–Crippen MR) is 99.0 cm³/mol. The SMILES string of the molecule is O=[N+]([O-])c1ccc2c(ccn2CCCB2C3CCCC2CCC3)c1. The molecule has 126 valence electrons. The van der Waals surface area contributed by atoms with Gasteiger partial charge in [0.1, 0.15) is 6.71 Å². The summed E-state index contributed by atoms with van der Waals surface area (Å²) < 4.78 is 2.26. The molecule has 2 bridgehead atoms. The smallest absolute Gasteiger partial charge is 0.270 e. The van der Waals surface area contributed by atoms with Crippen LogP contribution in [0.15, 0.2) is 30.5 Å². The van der Waals surface area contributed by atoms with Gasteiger partial charge in [-0.15, -0.1) is 0 Å². The Morgan fingerprint density at radius 3 is 2.50 bits per heavy atom. The lowest BCUT2D eigenvalue weighted by Gasteiger charge is -2.40. The Hall–Kier alpha value is -1.78. The van der Waals surface area contributed by atoms with Gasteiger partial charge in [0.2, 0.25) is 0 Å². The normalized spacial score (nSPS) is 23.6. The maximum atomic E-state index is 10.9. The first-order valence-corrected chi connectivity index (χ1v) is 9.45. The van der Waals surface area contributed by atoms with Crippen LogP contribution in [0.2, 0.25) is 18.0 Å². The van der Waals surface area contributed by atoms with Gasteiger partial charge >= 0.3 is 0 Å². The van der Waals surface area contributed by atoms with Gasteiger partial charge in [0.05, 0.1) is 4.92 Å². The molecule has 2 fully saturated rings. The number of nitrogens with zero attached hydrogens (tertiary/aromatic N) is 2. The average molecular weight is 324 g/mol. The molecule has 5 heteroatoms. The summed E-state index contributed by atoms with van der Waals surface area (Å²) in [4.78, 5) is 10.6. The molecule has 4 rings (SSSR count). The van der Waals surface area contributed by atoms with Gasteiger partial charge in [0, 0.05) is 35.8 Å². The summed E-state index contributed by atoms with van der Waals surface area (Å²) in [5, 5.41) is 11.9. The van der Waals surface area contributed by atoms with E-state index < -0.39 is 0 Å². The number of aromatic nitrogens is 1. The largest absolute Gasteiger partial charge is 0.348 e. The first-order chi connectivity index (χ1) is 11.7. The van der Waals surface area contributed by atoms with E-state index in [-0.39, 0.29) is 10.6 Å². The summed E-state index contributed by atoms with van der Waals surface area (Å²) >= 11 is 0. The van der Waals surface area contributed by atoms with E-state index >= 15 is 0 Å². The molecule has 1 aromatic carbocycles. The molecule has 0 spiro atoms. The van der Waals surface area contributed by atoms with Crippen LogP contribution in [-0.2, 0) is 6.54 Å². The molecule has 3 heterocycles. The van der Waals surface area contributed by atoms with E-state index in [0.717, 1.165) is 35.8 Å². The van der Waals surface area contributed by atoms with Crippen molar-refractivity contribution >= 4 is 23.3 Å². The third-order valence-electron chi connectivity index (χ3n) is 6.41. The number of fused-ring (bicyclic) bond motifs is 3. The molecule has 0 radical (unpaired) electrons. The lowest BCUT2D eigenvalue weighted by molar-refractivity contribution is -0.384. The van der Waals surface area contributed by atoms with Crippen molar-refractivity contribution in [1.29, 1.82) is 0 Å². The van der Waals surface area contributed by atoms with E-state index in [1.807, 2.05) is 12.1 Å². The molecule has 0 amide bonds. The van der Waals surface area contributed by atoms with Crippen LogP contribution < -0.4 is 0 Å². The highest BCUT2D eigenvalue weighted by atomic mass is 16.6. The van der Waals surface area contributed by atoms with Crippen LogP contribution in [0, 0.1) is 10.1 Å². The maximum Gasteiger partial charge on any atom is 0.270 e. The molecule has 0 saturated carbocycles. The van der Waals surface area contributed by atoms with Crippen molar-refractivity contribution in [1.82, 2.24) is 4.57 Å². The number of hydrogen-bond acceptors (Lipinski definition) is 2. The zero-order valence-electron chi connectivity index (χ0n) is 14.2. The highest BCUT2D eigenvalue weighted by Crippen LogP contribution is 2.48. The Labute approximate surface area is 143 Å². The Morgan fingerprint density at radius 2 is 1.83 bits per heavy atom. The lowest BCUT2D eigenvalue weighted by atomic mass is 9.26. The summed E-state index contributed by atoms with van der Waals surface area (Å²) in [6, 6.07) is 7.18. The van der Waals surface area contributed by atoms with Gasteiger partial charge in [-0.2, -0.15) is 0 Å². The zero-order chi connectivity index (χ0) is 16.5. The average Bonchev–Trinajstić information content (AvgIpc) is 2.97. The highest BCUT2D eigenvalue weighted by molar-refractivity contribution is 6.62. The van der Waals surface area contributed by atoms with Gasteiger partial charge in [-0.05, 0) is 18.6 Å². The van der Waals surface area contributed by atoms with Gasteiger partial charge in [-0.1, -0.05) is 56.5 Å². The summed E-state index contributed by atoms with van der Waals surface area (Å²) in [5.41, 5.74) is 1.29. The first-order valence-electron chi connectivity index (χ1n) is 9.45. The van der Waals surface area contributed by atoms with Crippen molar-refractivity contribution in [2.24, 2.45) is 0 Å². The molecule has 24 heavy (non-hydrogen) atoms. The van der Waals surface area contributed by atoms with Crippen molar-refractivity contribution in [3.8, 4) is 0 Å². The van der Waals surface area contributed by atoms with Gasteiger partial charge in [-0.25, -0.2) is 0 Å². The Kier molecular flexibility index (Phi) is 4.34. The van der Waals surface area contributed by atoms with Gasteiger partial charge in [0.15, 0.2) is 0 Å². The van der Waals surface area contributed by atoms with Crippen LogP contribution >= 0.6 is 0 Å². The quantitative estimate of drug-likeness (QED) is 0.412. The number of non-ortho nitro benzene ring substituents is 1.